The highest BCUT2D eigenvalue weighted by atomic mass is 19.1. The topological polar surface area (TPSA) is 110 Å². The molecule has 0 spiro atoms. The lowest BCUT2D eigenvalue weighted by Gasteiger charge is -2.24. The Morgan fingerprint density at radius 2 is 2.09 bits per heavy atom. The van der Waals surface area contributed by atoms with Gasteiger partial charge in [-0.2, -0.15) is 14.6 Å². The van der Waals surface area contributed by atoms with Gasteiger partial charge >= 0.3 is 0 Å². The third-order valence-corrected chi connectivity index (χ3v) is 6.28. The van der Waals surface area contributed by atoms with Crippen LogP contribution in [0, 0.1) is 5.82 Å². The fraction of sp³-hybridized carbons (Fsp3) is 0.250. The minimum atomic E-state index is -0.439. The number of para-hydroxylation sites is 1. The molecule has 0 amide bonds. The Morgan fingerprint density at radius 3 is 2.94 bits per heavy atom. The summed E-state index contributed by atoms with van der Waals surface area (Å²) in [6.07, 6.45) is 7.19. The van der Waals surface area contributed by atoms with Gasteiger partial charge in [-0.1, -0.05) is 18.2 Å². The molecule has 0 saturated carbocycles. The molecule has 33 heavy (non-hydrogen) atoms. The maximum absolute atomic E-state index is 13.9. The molecule has 0 fully saturated rings. The summed E-state index contributed by atoms with van der Waals surface area (Å²) >= 11 is 0. The number of nitrogens with zero attached hydrogens (tertiary/aromatic N) is 5. The second-order valence-corrected chi connectivity index (χ2v) is 8.60. The Morgan fingerprint density at radius 1 is 1.21 bits per heavy atom. The van der Waals surface area contributed by atoms with Crippen LogP contribution in [0.25, 0.3) is 27.9 Å². The Labute approximate surface area is 189 Å². The van der Waals surface area contributed by atoms with Crippen LogP contribution in [0.5, 0.6) is 0 Å². The zero-order valence-electron chi connectivity index (χ0n) is 18.1. The first kappa shape index (κ1) is 19.8. The molecule has 0 bridgehead atoms. The number of benzene rings is 1. The van der Waals surface area contributed by atoms with E-state index in [9.17, 15) is 4.39 Å². The standard InChI is InChI=1S/C24H23FN8/c1-13(26)19-12-28-33-23(19)31-22(14-8-15(25)11-27-10-14)32-24(33)29-16-6-7-21-18(9-16)17-4-2-3-5-20(17)30-21/h2-5,8,10-13,16,30H,6-7,9,26H2,1H3,(H,29,31,32)/t13?,16-/m1/s1. The van der Waals surface area contributed by atoms with Gasteiger partial charge in [-0.3, -0.25) is 4.98 Å². The van der Waals surface area contributed by atoms with E-state index in [1.165, 1.54) is 28.2 Å². The number of hydrogen-bond acceptors (Lipinski definition) is 6. The molecule has 0 saturated heterocycles. The van der Waals surface area contributed by atoms with Crippen LogP contribution in [0.4, 0.5) is 10.3 Å². The van der Waals surface area contributed by atoms with E-state index >= 15 is 0 Å². The van der Waals surface area contributed by atoms with Gasteiger partial charge in [-0.05, 0) is 43.9 Å². The molecule has 4 aromatic heterocycles. The first-order valence-corrected chi connectivity index (χ1v) is 11.0. The molecule has 1 aliphatic carbocycles. The first-order valence-electron chi connectivity index (χ1n) is 11.0. The number of aryl methyl sites for hydroxylation is 1. The molecule has 1 unspecified atom stereocenters. The fourth-order valence-electron chi connectivity index (χ4n) is 4.65. The number of pyridine rings is 1. The quantitative estimate of drug-likeness (QED) is 0.391. The smallest absolute Gasteiger partial charge is 0.228 e. The van der Waals surface area contributed by atoms with Crippen LogP contribution in [0.1, 0.15) is 36.2 Å². The maximum Gasteiger partial charge on any atom is 0.228 e. The highest BCUT2D eigenvalue weighted by Gasteiger charge is 2.24. The molecule has 5 aromatic rings. The van der Waals surface area contributed by atoms with Crippen molar-refractivity contribution >= 4 is 22.5 Å². The van der Waals surface area contributed by atoms with Gasteiger partial charge in [0.05, 0.1) is 12.4 Å². The lowest BCUT2D eigenvalue weighted by molar-refractivity contribution is 0.599. The van der Waals surface area contributed by atoms with E-state index in [0.29, 0.717) is 23.0 Å². The van der Waals surface area contributed by atoms with E-state index in [1.54, 1.807) is 16.9 Å². The van der Waals surface area contributed by atoms with Crippen LogP contribution < -0.4 is 11.1 Å². The predicted octanol–water partition coefficient (Wildman–Crippen LogP) is 3.80. The monoisotopic (exact) mass is 442 g/mol. The lowest BCUT2D eigenvalue weighted by atomic mass is 9.91. The number of nitrogens with one attached hydrogen (secondary N) is 2. The number of fused-ring (bicyclic) bond motifs is 4. The SMILES string of the molecule is CC(N)c1cnn2c(N[C@@H]3CCc4[nH]c5ccccc5c4C3)nc(-c3cncc(F)c3)nc12. The largest absolute Gasteiger partial charge is 0.358 e. The van der Waals surface area contributed by atoms with Gasteiger partial charge < -0.3 is 16.0 Å². The molecular weight excluding hydrogens is 419 g/mol. The molecule has 1 aliphatic rings. The van der Waals surface area contributed by atoms with E-state index in [2.05, 4.69) is 43.6 Å². The molecule has 6 rings (SSSR count). The lowest BCUT2D eigenvalue weighted by Crippen LogP contribution is -2.29. The van der Waals surface area contributed by atoms with Gasteiger partial charge in [0.25, 0.3) is 0 Å². The summed E-state index contributed by atoms with van der Waals surface area (Å²) in [6.45, 7) is 1.88. The predicted molar refractivity (Wildman–Crippen MR) is 124 cm³/mol. The summed E-state index contributed by atoms with van der Waals surface area (Å²) in [5, 5.41) is 9.33. The van der Waals surface area contributed by atoms with Crippen LogP contribution in [0.3, 0.4) is 0 Å². The summed E-state index contributed by atoms with van der Waals surface area (Å²) < 4.78 is 15.5. The number of aromatic amines is 1. The van der Waals surface area contributed by atoms with Crippen molar-refractivity contribution in [1.29, 1.82) is 0 Å². The van der Waals surface area contributed by atoms with Crippen molar-refractivity contribution in [2.24, 2.45) is 5.73 Å². The third-order valence-electron chi connectivity index (χ3n) is 6.28. The Bertz CT molecular complexity index is 1480. The van der Waals surface area contributed by atoms with E-state index in [0.717, 1.165) is 31.0 Å². The van der Waals surface area contributed by atoms with E-state index in [-0.39, 0.29) is 12.1 Å². The third kappa shape index (κ3) is 3.41. The van der Waals surface area contributed by atoms with Crippen LogP contribution >= 0.6 is 0 Å². The van der Waals surface area contributed by atoms with Crippen molar-refractivity contribution in [3.8, 4) is 11.4 Å². The van der Waals surface area contributed by atoms with Crippen molar-refractivity contribution in [2.75, 3.05) is 5.32 Å². The molecule has 9 heteroatoms. The van der Waals surface area contributed by atoms with Crippen molar-refractivity contribution in [3.05, 3.63) is 71.6 Å². The molecule has 0 radical (unpaired) electrons. The molecular formula is C24H23FN8. The summed E-state index contributed by atoms with van der Waals surface area (Å²) in [4.78, 5) is 16.9. The number of rotatable bonds is 4. The van der Waals surface area contributed by atoms with Crippen molar-refractivity contribution in [3.63, 3.8) is 0 Å². The van der Waals surface area contributed by atoms with Gasteiger partial charge in [0, 0.05) is 46.0 Å². The van der Waals surface area contributed by atoms with Crippen LogP contribution in [0.15, 0.2) is 48.9 Å². The number of nitrogens with two attached hydrogens (primary N) is 1. The number of anilines is 1. The normalized spacial score (nSPS) is 16.8. The minimum absolute atomic E-state index is 0.163. The van der Waals surface area contributed by atoms with Crippen molar-refractivity contribution < 1.29 is 4.39 Å². The summed E-state index contributed by atoms with van der Waals surface area (Å²) in [6, 6.07) is 9.68. The van der Waals surface area contributed by atoms with E-state index in [4.69, 9.17) is 10.7 Å². The number of H-pyrrole nitrogens is 1. The zero-order valence-corrected chi connectivity index (χ0v) is 18.1. The number of halogens is 1. The summed E-state index contributed by atoms with van der Waals surface area (Å²) in [5.41, 5.74) is 11.9. The summed E-state index contributed by atoms with van der Waals surface area (Å²) in [7, 11) is 0. The second kappa shape index (κ2) is 7.63. The van der Waals surface area contributed by atoms with Crippen LogP contribution in [0.2, 0.25) is 0 Å². The highest BCUT2D eigenvalue weighted by molar-refractivity contribution is 5.85. The Kier molecular flexibility index (Phi) is 4.58. The Balaban J connectivity index is 1.41. The van der Waals surface area contributed by atoms with Crippen LogP contribution in [-0.4, -0.2) is 35.6 Å². The average molecular weight is 443 g/mol. The van der Waals surface area contributed by atoms with Crippen molar-refractivity contribution in [2.45, 2.75) is 38.3 Å². The van der Waals surface area contributed by atoms with Gasteiger partial charge in [-0.25, -0.2) is 9.37 Å². The fourth-order valence-corrected chi connectivity index (χ4v) is 4.65. The number of hydrogen-bond donors (Lipinski definition) is 3. The second-order valence-electron chi connectivity index (χ2n) is 8.60. The number of aromatic nitrogens is 6. The van der Waals surface area contributed by atoms with Gasteiger partial charge in [0.15, 0.2) is 11.5 Å². The average Bonchev–Trinajstić information content (AvgIpc) is 3.41. The van der Waals surface area contributed by atoms with Gasteiger partial charge in [0.2, 0.25) is 5.95 Å². The Hall–Kier alpha value is -3.85. The maximum atomic E-state index is 13.9. The zero-order chi connectivity index (χ0) is 22.5. The first-order chi connectivity index (χ1) is 16.1. The molecule has 8 nitrogen and oxygen atoms in total. The van der Waals surface area contributed by atoms with E-state index < -0.39 is 5.82 Å². The minimum Gasteiger partial charge on any atom is -0.358 e. The molecule has 1 aromatic carbocycles. The van der Waals surface area contributed by atoms with Gasteiger partial charge in [-0.15, -0.1) is 0 Å². The van der Waals surface area contributed by atoms with Crippen molar-refractivity contribution in [1.82, 2.24) is 29.5 Å². The molecule has 166 valence electrons. The van der Waals surface area contributed by atoms with Gasteiger partial charge in [0.1, 0.15) is 5.82 Å². The summed E-state index contributed by atoms with van der Waals surface area (Å²) in [5.74, 6) is 0.494. The molecule has 2 atom stereocenters. The molecule has 0 aliphatic heterocycles. The molecule has 4 N–H and O–H groups in total. The molecule has 4 heterocycles. The highest BCUT2D eigenvalue weighted by Crippen LogP contribution is 2.31. The van der Waals surface area contributed by atoms with Crippen LogP contribution in [-0.2, 0) is 12.8 Å². The van der Waals surface area contributed by atoms with E-state index in [1.807, 2.05) is 13.0 Å².